The highest BCUT2D eigenvalue weighted by atomic mass is 16.3. The lowest BCUT2D eigenvalue weighted by Gasteiger charge is -2.26. The Morgan fingerprint density at radius 1 is 1.08 bits per heavy atom. The van der Waals surface area contributed by atoms with Crippen molar-refractivity contribution in [2.45, 2.75) is 37.8 Å². The van der Waals surface area contributed by atoms with E-state index in [0.717, 1.165) is 48.4 Å². The van der Waals surface area contributed by atoms with Gasteiger partial charge in [-0.15, -0.1) is 5.10 Å². The van der Waals surface area contributed by atoms with Crippen LogP contribution in [0, 0.1) is 0 Å². The Balaban J connectivity index is 1.54. The summed E-state index contributed by atoms with van der Waals surface area (Å²) in [6.45, 7) is 0. The Morgan fingerprint density at radius 3 is 2.76 bits per heavy atom. The molecule has 6 nitrogen and oxygen atoms in total. The van der Waals surface area contributed by atoms with Gasteiger partial charge in [-0.1, -0.05) is 12.1 Å². The number of nitrogens with one attached hydrogen (secondary N) is 1. The summed E-state index contributed by atoms with van der Waals surface area (Å²) in [4.78, 5) is 8.52. The third kappa shape index (κ3) is 3.69. The van der Waals surface area contributed by atoms with Crippen molar-refractivity contribution in [1.82, 2.24) is 19.6 Å². The van der Waals surface area contributed by atoms with E-state index in [-0.39, 0.29) is 6.10 Å². The minimum absolute atomic E-state index is 0.147. The first-order chi connectivity index (χ1) is 12.3. The van der Waals surface area contributed by atoms with E-state index in [4.69, 9.17) is 0 Å². The van der Waals surface area contributed by atoms with Crippen LogP contribution in [0.4, 0.5) is 5.82 Å². The van der Waals surface area contributed by atoms with Gasteiger partial charge in [-0.2, -0.15) is 0 Å². The van der Waals surface area contributed by atoms with Gasteiger partial charge < -0.3 is 10.4 Å². The minimum atomic E-state index is -0.147. The van der Waals surface area contributed by atoms with E-state index in [9.17, 15) is 5.11 Å². The highest BCUT2D eigenvalue weighted by Gasteiger charge is 2.19. The van der Waals surface area contributed by atoms with Crippen LogP contribution < -0.4 is 5.32 Å². The van der Waals surface area contributed by atoms with Gasteiger partial charge in [0.05, 0.1) is 18.0 Å². The van der Waals surface area contributed by atoms with Gasteiger partial charge in [-0.25, -0.2) is 9.50 Å². The second kappa shape index (κ2) is 7.03. The Bertz CT molecular complexity index is 866. The van der Waals surface area contributed by atoms with Crippen LogP contribution in [0.3, 0.4) is 0 Å². The van der Waals surface area contributed by atoms with Gasteiger partial charge >= 0.3 is 0 Å². The number of rotatable bonds is 4. The Morgan fingerprint density at radius 2 is 1.96 bits per heavy atom. The van der Waals surface area contributed by atoms with Crippen molar-refractivity contribution in [1.29, 1.82) is 0 Å². The van der Waals surface area contributed by atoms with Crippen molar-refractivity contribution < 1.29 is 5.11 Å². The number of hydrogen-bond acceptors (Lipinski definition) is 5. The molecule has 0 saturated heterocycles. The summed E-state index contributed by atoms with van der Waals surface area (Å²) < 4.78 is 1.84. The topological polar surface area (TPSA) is 75.3 Å². The van der Waals surface area contributed by atoms with Gasteiger partial charge in [0.1, 0.15) is 5.82 Å². The van der Waals surface area contributed by atoms with Crippen molar-refractivity contribution in [2.75, 3.05) is 5.32 Å². The lowest BCUT2D eigenvalue weighted by Crippen LogP contribution is -2.28. The second-order valence-corrected chi connectivity index (χ2v) is 6.44. The van der Waals surface area contributed by atoms with Crippen molar-refractivity contribution >= 4 is 23.6 Å². The molecule has 128 valence electrons. The number of aliphatic hydroxyl groups is 1. The van der Waals surface area contributed by atoms with E-state index in [1.54, 1.807) is 6.20 Å². The van der Waals surface area contributed by atoms with Gasteiger partial charge in [-0.05, 0) is 55.5 Å². The minimum Gasteiger partial charge on any atom is -0.393 e. The number of nitrogens with zero attached hydrogens (tertiary/aromatic N) is 4. The average Bonchev–Trinajstić information content (AvgIpc) is 3.05. The highest BCUT2D eigenvalue weighted by Crippen LogP contribution is 2.21. The second-order valence-electron chi connectivity index (χ2n) is 6.44. The fourth-order valence-corrected chi connectivity index (χ4v) is 3.17. The number of pyridine rings is 1. The molecule has 3 aromatic heterocycles. The monoisotopic (exact) mass is 335 g/mol. The predicted octanol–water partition coefficient (Wildman–Crippen LogP) is 3.01. The van der Waals surface area contributed by atoms with Crippen molar-refractivity contribution in [3.63, 3.8) is 0 Å². The number of fused-ring (bicyclic) bond motifs is 1. The molecule has 1 aliphatic rings. The quantitative estimate of drug-likeness (QED) is 0.766. The average molecular weight is 335 g/mol. The van der Waals surface area contributed by atoms with Crippen LogP contribution >= 0.6 is 0 Å². The lowest BCUT2D eigenvalue weighted by molar-refractivity contribution is 0.126. The lowest BCUT2D eigenvalue weighted by atomic mass is 9.93. The SMILES string of the molecule is O[C@H]1CC[C@H](Nc2ccc3ncc(/C=C/c4cccnc4)n3n2)CC1. The number of imidazole rings is 1. The molecule has 1 fully saturated rings. The number of aliphatic hydroxyl groups excluding tert-OH is 1. The number of hydrogen-bond donors (Lipinski definition) is 2. The van der Waals surface area contributed by atoms with E-state index in [1.165, 1.54) is 0 Å². The smallest absolute Gasteiger partial charge is 0.154 e. The summed E-state index contributed by atoms with van der Waals surface area (Å²) >= 11 is 0. The summed E-state index contributed by atoms with van der Waals surface area (Å²) in [7, 11) is 0. The van der Waals surface area contributed by atoms with Crippen LogP contribution in [0.25, 0.3) is 17.8 Å². The molecule has 25 heavy (non-hydrogen) atoms. The molecular weight excluding hydrogens is 314 g/mol. The van der Waals surface area contributed by atoms with E-state index in [1.807, 2.05) is 53.3 Å². The zero-order valence-electron chi connectivity index (χ0n) is 13.9. The van der Waals surface area contributed by atoms with E-state index < -0.39 is 0 Å². The van der Waals surface area contributed by atoms with E-state index in [2.05, 4.69) is 20.4 Å². The molecular formula is C19H21N5O. The van der Waals surface area contributed by atoms with Gasteiger partial charge in [0.15, 0.2) is 5.65 Å². The van der Waals surface area contributed by atoms with Crippen LogP contribution in [0.1, 0.15) is 36.9 Å². The maximum Gasteiger partial charge on any atom is 0.154 e. The Kier molecular flexibility index (Phi) is 4.43. The first-order valence-corrected chi connectivity index (χ1v) is 8.65. The summed E-state index contributed by atoms with van der Waals surface area (Å²) in [6, 6.07) is 8.21. The fourth-order valence-electron chi connectivity index (χ4n) is 3.17. The van der Waals surface area contributed by atoms with Gasteiger partial charge in [0, 0.05) is 18.4 Å². The highest BCUT2D eigenvalue weighted by molar-refractivity contribution is 5.68. The Labute approximate surface area is 146 Å². The van der Waals surface area contributed by atoms with Crippen LogP contribution in [-0.4, -0.2) is 36.8 Å². The largest absolute Gasteiger partial charge is 0.393 e. The summed E-state index contributed by atoms with van der Waals surface area (Å²) in [5.74, 6) is 0.836. The van der Waals surface area contributed by atoms with E-state index >= 15 is 0 Å². The molecule has 0 aliphatic heterocycles. The van der Waals surface area contributed by atoms with Crippen molar-refractivity contribution in [3.05, 3.63) is 54.1 Å². The molecule has 0 unspecified atom stereocenters. The van der Waals surface area contributed by atoms with Crippen LogP contribution in [0.15, 0.2) is 42.9 Å². The molecule has 6 heteroatoms. The zero-order valence-corrected chi connectivity index (χ0v) is 13.9. The molecule has 0 radical (unpaired) electrons. The first kappa shape index (κ1) is 15.8. The molecule has 0 bridgehead atoms. The predicted molar refractivity (Wildman–Crippen MR) is 98.0 cm³/mol. The van der Waals surface area contributed by atoms with Gasteiger partial charge in [-0.3, -0.25) is 4.98 Å². The molecule has 3 aromatic rings. The molecule has 0 atom stereocenters. The molecule has 4 rings (SSSR count). The summed E-state index contributed by atoms with van der Waals surface area (Å²) in [5.41, 5.74) is 2.77. The third-order valence-corrected chi connectivity index (χ3v) is 4.57. The molecule has 0 aromatic carbocycles. The molecule has 2 N–H and O–H groups in total. The molecule has 0 amide bonds. The van der Waals surface area contributed by atoms with Crippen LogP contribution in [0.5, 0.6) is 0 Å². The summed E-state index contributed by atoms with van der Waals surface area (Å²) in [5, 5.41) is 17.8. The van der Waals surface area contributed by atoms with Crippen molar-refractivity contribution in [2.24, 2.45) is 0 Å². The molecule has 3 heterocycles. The van der Waals surface area contributed by atoms with Crippen LogP contribution in [-0.2, 0) is 0 Å². The fraction of sp³-hybridized carbons (Fsp3) is 0.316. The summed E-state index contributed by atoms with van der Waals surface area (Å²) in [6.07, 6.45) is 12.9. The standard InChI is InChI=1S/C19H21N5O/c25-17-7-4-15(5-8-17)22-18-9-10-19-21-13-16(24(19)23-18)6-3-14-2-1-11-20-12-14/h1-3,6,9-13,15,17,25H,4-5,7-8H2,(H,22,23)/b6-3+/t15-,17-. The normalized spacial score (nSPS) is 21.0. The van der Waals surface area contributed by atoms with Gasteiger partial charge in [0.2, 0.25) is 0 Å². The molecule has 1 saturated carbocycles. The Hall–Kier alpha value is -2.73. The first-order valence-electron chi connectivity index (χ1n) is 8.65. The van der Waals surface area contributed by atoms with Crippen LogP contribution in [0.2, 0.25) is 0 Å². The maximum absolute atomic E-state index is 9.63. The molecule has 1 aliphatic carbocycles. The van der Waals surface area contributed by atoms with Gasteiger partial charge in [0.25, 0.3) is 0 Å². The maximum atomic E-state index is 9.63. The van der Waals surface area contributed by atoms with Crippen molar-refractivity contribution in [3.8, 4) is 0 Å². The number of anilines is 1. The van der Waals surface area contributed by atoms with E-state index in [0.29, 0.717) is 6.04 Å². The molecule has 0 spiro atoms. The third-order valence-electron chi connectivity index (χ3n) is 4.57. The number of aromatic nitrogens is 4. The zero-order chi connectivity index (χ0) is 17.1.